The van der Waals surface area contributed by atoms with Crippen LogP contribution in [0.3, 0.4) is 0 Å². The number of hydrogen-bond donors (Lipinski definition) is 2. The average molecular weight is 354 g/mol. The van der Waals surface area contributed by atoms with Crippen LogP contribution in [-0.4, -0.2) is 27.2 Å². The Morgan fingerprint density at radius 2 is 1.88 bits per heavy atom. The first-order valence-corrected chi connectivity index (χ1v) is 8.35. The van der Waals surface area contributed by atoms with Gasteiger partial charge in [0.15, 0.2) is 5.69 Å². The number of anilines is 1. The lowest BCUT2D eigenvalue weighted by atomic mass is 10.2. The number of hydrogen-bond acceptors (Lipinski definition) is 3. The maximum absolute atomic E-state index is 13.8. The van der Waals surface area contributed by atoms with E-state index in [1.54, 1.807) is 30.5 Å². The second-order valence-electron chi connectivity index (χ2n) is 5.96. The number of carbonyl (C=O) groups excluding carboxylic acids is 2. The zero-order chi connectivity index (χ0) is 18.7. The second kappa shape index (κ2) is 7.35. The number of carbonyl (C=O) groups is 2. The Balaban J connectivity index is 1.97. The minimum Gasteiger partial charge on any atom is -0.348 e. The molecular formula is C19H19FN4O2. The van der Waals surface area contributed by atoms with E-state index in [4.69, 9.17) is 0 Å². The van der Waals surface area contributed by atoms with Crippen LogP contribution in [0.4, 0.5) is 10.1 Å². The summed E-state index contributed by atoms with van der Waals surface area (Å²) in [5, 5.41) is 5.34. The molecule has 2 aromatic heterocycles. The maximum Gasteiger partial charge on any atom is 0.292 e. The first kappa shape index (κ1) is 17.6. The van der Waals surface area contributed by atoms with Gasteiger partial charge in [-0.15, -0.1) is 0 Å². The molecule has 0 saturated heterocycles. The molecule has 2 heterocycles. The molecule has 26 heavy (non-hydrogen) atoms. The number of amides is 2. The molecule has 3 rings (SSSR count). The molecule has 0 aliphatic rings. The summed E-state index contributed by atoms with van der Waals surface area (Å²) in [4.78, 5) is 29.3. The van der Waals surface area contributed by atoms with E-state index in [1.165, 1.54) is 22.6 Å². The van der Waals surface area contributed by atoms with E-state index in [-0.39, 0.29) is 29.2 Å². The highest BCUT2D eigenvalue weighted by molar-refractivity contribution is 6.06. The van der Waals surface area contributed by atoms with Crippen molar-refractivity contribution < 1.29 is 14.0 Å². The Labute approximate surface area is 150 Å². The third kappa shape index (κ3) is 3.42. The van der Waals surface area contributed by atoms with Crippen LogP contribution in [0.15, 0.2) is 48.7 Å². The first-order valence-electron chi connectivity index (χ1n) is 8.35. The number of rotatable bonds is 5. The molecule has 134 valence electrons. The van der Waals surface area contributed by atoms with Crippen molar-refractivity contribution in [3.05, 3.63) is 66.0 Å². The molecule has 2 amide bonds. The number of halogens is 1. The molecular weight excluding hydrogens is 335 g/mol. The number of aromatic nitrogens is 2. The maximum atomic E-state index is 13.8. The van der Waals surface area contributed by atoms with Crippen molar-refractivity contribution in [2.24, 2.45) is 0 Å². The fourth-order valence-corrected chi connectivity index (χ4v) is 2.50. The van der Waals surface area contributed by atoms with Crippen LogP contribution >= 0.6 is 0 Å². The molecule has 0 saturated carbocycles. The number of nitrogens with one attached hydrogen (secondary N) is 2. The topological polar surface area (TPSA) is 75.5 Å². The lowest BCUT2D eigenvalue weighted by Gasteiger charge is -2.09. The highest BCUT2D eigenvalue weighted by Gasteiger charge is 2.22. The predicted octanol–water partition coefficient (Wildman–Crippen LogP) is 3.25. The summed E-state index contributed by atoms with van der Waals surface area (Å²) < 4.78 is 15.3. The van der Waals surface area contributed by atoms with E-state index in [9.17, 15) is 14.0 Å². The quantitative estimate of drug-likeness (QED) is 0.738. The summed E-state index contributed by atoms with van der Waals surface area (Å²) in [5.74, 6) is -1.48. The molecule has 2 N–H and O–H groups in total. The lowest BCUT2D eigenvalue weighted by Crippen LogP contribution is -2.32. The Morgan fingerprint density at radius 3 is 2.62 bits per heavy atom. The molecule has 3 aromatic rings. The largest absolute Gasteiger partial charge is 0.348 e. The van der Waals surface area contributed by atoms with Crippen LogP contribution in [0.1, 0.15) is 41.4 Å². The summed E-state index contributed by atoms with van der Waals surface area (Å²) in [6.07, 6.45) is 2.41. The van der Waals surface area contributed by atoms with Crippen LogP contribution in [0, 0.1) is 5.82 Å². The van der Waals surface area contributed by atoms with Crippen molar-refractivity contribution in [1.29, 1.82) is 0 Å². The third-order valence-corrected chi connectivity index (χ3v) is 4.08. The van der Waals surface area contributed by atoms with Crippen molar-refractivity contribution >= 4 is 23.0 Å². The highest BCUT2D eigenvalue weighted by atomic mass is 19.1. The monoisotopic (exact) mass is 354 g/mol. The summed E-state index contributed by atoms with van der Waals surface area (Å²) in [5.41, 5.74) is 0.715. The van der Waals surface area contributed by atoms with Crippen LogP contribution < -0.4 is 10.6 Å². The van der Waals surface area contributed by atoms with E-state index in [0.29, 0.717) is 5.52 Å². The van der Waals surface area contributed by atoms with E-state index < -0.39 is 11.7 Å². The molecule has 1 unspecified atom stereocenters. The van der Waals surface area contributed by atoms with Gasteiger partial charge in [0.05, 0.1) is 11.2 Å². The van der Waals surface area contributed by atoms with Crippen LogP contribution in [0.2, 0.25) is 0 Å². The SMILES string of the molecule is CCC(C)NC(=O)c1nc(C(=O)Nc2ccccc2F)n2ccccc12. The van der Waals surface area contributed by atoms with Crippen LogP contribution in [0.5, 0.6) is 0 Å². The number of fused-ring (bicyclic) bond motifs is 1. The van der Waals surface area contributed by atoms with Crippen molar-refractivity contribution in [2.75, 3.05) is 5.32 Å². The number of nitrogens with zero attached hydrogens (tertiary/aromatic N) is 2. The fourth-order valence-electron chi connectivity index (χ4n) is 2.50. The molecule has 0 fully saturated rings. The van der Waals surface area contributed by atoms with Gasteiger partial charge in [-0.2, -0.15) is 0 Å². The average Bonchev–Trinajstić information content (AvgIpc) is 3.03. The Bertz CT molecular complexity index is 967. The minimum absolute atomic E-state index is 0.0122. The third-order valence-electron chi connectivity index (χ3n) is 4.08. The number of benzene rings is 1. The molecule has 7 heteroatoms. The van der Waals surface area contributed by atoms with Gasteiger partial charge in [-0.3, -0.25) is 14.0 Å². The van der Waals surface area contributed by atoms with Gasteiger partial charge in [-0.1, -0.05) is 25.1 Å². The zero-order valence-corrected chi connectivity index (χ0v) is 14.5. The van der Waals surface area contributed by atoms with Gasteiger partial charge in [-0.05, 0) is 37.6 Å². The Kier molecular flexibility index (Phi) is 4.97. The lowest BCUT2D eigenvalue weighted by molar-refractivity contribution is 0.0936. The normalized spacial score (nSPS) is 12.0. The van der Waals surface area contributed by atoms with Gasteiger partial charge in [0, 0.05) is 12.2 Å². The molecule has 0 bridgehead atoms. The smallest absolute Gasteiger partial charge is 0.292 e. The van der Waals surface area contributed by atoms with Gasteiger partial charge in [0.2, 0.25) is 5.82 Å². The summed E-state index contributed by atoms with van der Waals surface area (Å²) in [6.45, 7) is 3.85. The fraction of sp³-hybridized carbons (Fsp3) is 0.211. The summed E-state index contributed by atoms with van der Waals surface area (Å²) in [6, 6.07) is 11.0. The van der Waals surface area contributed by atoms with Crippen molar-refractivity contribution in [3.8, 4) is 0 Å². The van der Waals surface area contributed by atoms with Crippen LogP contribution in [-0.2, 0) is 0 Å². The number of para-hydroxylation sites is 1. The van der Waals surface area contributed by atoms with Gasteiger partial charge in [0.1, 0.15) is 5.82 Å². The van der Waals surface area contributed by atoms with E-state index >= 15 is 0 Å². The number of imidazole rings is 1. The highest BCUT2D eigenvalue weighted by Crippen LogP contribution is 2.17. The molecule has 0 aliphatic heterocycles. The second-order valence-corrected chi connectivity index (χ2v) is 5.96. The minimum atomic E-state index is -0.598. The van der Waals surface area contributed by atoms with Gasteiger partial charge in [-0.25, -0.2) is 9.37 Å². The molecule has 0 spiro atoms. The molecule has 0 radical (unpaired) electrons. The standard InChI is InChI=1S/C19H19FN4O2/c1-3-12(2)21-18(25)16-15-10-6-7-11-24(15)17(23-16)19(26)22-14-9-5-4-8-13(14)20/h4-12H,3H2,1-2H3,(H,21,25)(H,22,26). The molecule has 0 aliphatic carbocycles. The number of pyridine rings is 1. The van der Waals surface area contributed by atoms with E-state index in [0.717, 1.165) is 6.42 Å². The summed E-state index contributed by atoms with van der Waals surface area (Å²) >= 11 is 0. The van der Waals surface area contributed by atoms with Crippen LogP contribution in [0.25, 0.3) is 5.52 Å². The van der Waals surface area contributed by atoms with E-state index in [1.807, 2.05) is 13.8 Å². The molecule has 1 aromatic carbocycles. The van der Waals surface area contributed by atoms with Gasteiger partial charge in [0.25, 0.3) is 11.8 Å². The van der Waals surface area contributed by atoms with Crippen molar-refractivity contribution in [3.63, 3.8) is 0 Å². The zero-order valence-electron chi connectivity index (χ0n) is 14.5. The molecule has 1 atom stereocenters. The molecule has 6 nitrogen and oxygen atoms in total. The van der Waals surface area contributed by atoms with Gasteiger partial charge >= 0.3 is 0 Å². The summed E-state index contributed by atoms with van der Waals surface area (Å²) in [7, 11) is 0. The van der Waals surface area contributed by atoms with Crippen molar-refractivity contribution in [1.82, 2.24) is 14.7 Å². The van der Waals surface area contributed by atoms with E-state index in [2.05, 4.69) is 15.6 Å². The Morgan fingerprint density at radius 1 is 1.15 bits per heavy atom. The van der Waals surface area contributed by atoms with Gasteiger partial charge < -0.3 is 10.6 Å². The first-order chi connectivity index (χ1) is 12.5. The predicted molar refractivity (Wildman–Crippen MR) is 96.8 cm³/mol. The van der Waals surface area contributed by atoms with Crippen molar-refractivity contribution in [2.45, 2.75) is 26.3 Å². The Hall–Kier alpha value is -3.22.